The quantitative estimate of drug-likeness (QED) is 0.539. The van der Waals surface area contributed by atoms with Crippen LogP contribution in [0.15, 0.2) is 30.3 Å². The lowest BCUT2D eigenvalue weighted by Crippen LogP contribution is -3.00. The van der Waals surface area contributed by atoms with E-state index in [1.54, 1.807) is 0 Å². The van der Waals surface area contributed by atoms with Crippen molar-refractivity contribution in [3.8, 4) is 0 Å². The van der Waals surface area contributed by atoms with Gasteiger partial charge in [0.1, 0.15) is 13.6 Å². The van der Waals surface area contributed by atoms with E-state index in [9.17, 15) is 0 Å². The molecule has 1 nitrogen and oxygen atoms in total. The molecule has 2 heteroatoms. The molecule has 1 aromatic carbocycles. The number of halogens is 1. The maximum Gasteiger partial charge on any atom is 0.183 e. The van der Waals surface area contributed by atoms with E-state index in [-0.39, 0.29) is 12.4 Å². The summed E-state index contributed by atoms with van der Waals surface area (Å²) in [4.78, 5) is 0. The highest BCUT2D eigenvalue weighted by Gasteiger charge is 2.17. The molecule has 0 unspecified atom stereocenters. The Hall–Kier alpha value is -0.820. The van der Waals surface area contributed by atoms with E-state index in [1.807, 2.05) is 0 Å². The molecule has 1 aromatic rings. The second-order valence-corrected chi connectivity index (χ2v) is 3.69. The zero-order valence-electron chi connectivity index (χ0n) is 8.54. The van der Waals surface area contributed by atoms with Gasteiger partial charge in [-0.3, -0.25) is 0 Å². The van der Waals surface area contributed by atoms with Crippen molar-refractivity contribution in [2.75, 3.05) is 13.6 Å². The van der Waals surface area contributed by atoms with Crippen LogP contribution in [0.4, 0.5) is 0 Å². The van der Waals surface area contributed by atoms with Crippen LogP contribution < -0.4 is 12.4 Å². The SMILES string of the molecule is C[N+]1=C(c2ccccc2)CCCC1.[Cl-]. The van der Waals surface area contributed by atoms with Gasteiger partial charge in [0, 0.05) is 18.4 Å². The predicted octanol–water partition coefficient (Wildman–Crippen LogP) is -0.694. The minimum Gasteiger partial charge on any atom is -1.00 e. The predicted molar refractivity (Wildman–Crippen MR) is 55.5 cm³/mol. The summed E-state index contributed by atoms with van der Waals surface area (Å²) < 4.78 is 2.39. The van der Waals surface area contributed by atoms with Crippen molar-refractivity contribution < 1.29 is 17.0 Å². The van der Waals surface area contributed by atoms with Gasteiger partial charge in [0.25, 0.3) is 0 Å². The molecule has 2 rings (SSSR count). The maximum absolute atomic E-state index is 2.39. The monoisotopic (exact) mass is 209 g/mol. The average Bonchev–Trinajstić information content (AvgIpc) is 2.20. The fourth-order valence-electron chi connectivity index (χ4n) is 1.96. The first-order valence-corrected chi connectivity index (χ1v) is 5.00. The Balaban J connectivity index is 0.000000980. The highest BCUT2D eigenvalue weighted by molar-refractivity contribution is 5.96. The first kappa shape index (κ1) is 11.3. The van der Waals surface area contributed by atoms with Gasteiger partial charge in [-0.1, -0.05) is 18.2 Å². The topological polar surface area (TPSA) is 3.01 Å². The lowest BCUT2D eigenvalue weighted by molar-refractivity contribution is -0.502. The molecule has 0 bridgehead atoms. The summed E-state index contributed by atoms with van der Waals surface area (Å²) in [5.41, 5.74) is 2.90. The fraction of sp³-hybridized carbons (Fsp3) is 0.417. The second-order valence-electron chi connectivity index (χ2n) is 3.69. The van der Waals surface area contributed by atoms with Crippen LogP contribution in [-0.4, -0.2) is 23.9 Å². The Morgan fingerprint density at radius 1 is 1.07 bits per heavy atom. The van der Waals surface area contributed by atoms with E-state index in [4.69, 9.17) is 0 Å². The van der Waals surface area contributed by atoms with Gasteiger partial charge in [0.2, 0.25) is 0 Å². The molecule has 0 spiro atoms. The minimum absolute atomic E-state index is 0. The first-order chi connectivity index (χ1) is 6.38. The van der Waals surface area contributed by atoms with Crippen molar-refractivity contribution in [2.45, 2.75) is 19.3 Å². The highest BCUT2D eigenvalue weighted by Crippen LogP contribution is 2.11. The first-order valence-electron chi connectivity index (χ1n) is 5.00. The van der Waals surface area contributed by atoms with Gasteiger partial charge in [-0.2, -0.15) is 0 Å². The molecule has 76 valence electrons. The number of benzene rings is 1. The Morgan fingerprint density at radius 3 is 2.43 bits per heavy atom. The van der Waals surface area contributed by atoms with E-state index < -0.39 is 0 Å². The Kier molecular flexibility index (Phi) is 4.15. The van der Waals surface area contributed by atoms with Crippen LogP contribution >= 0.6 is 0 Å². The van der Waals surface area contributed by atoms with E-state index in [0.29, 0.717) is 0 Å². The molecule has 0 fully saturated rings. The van der Waals surface area contributed by atoms with Crippen LogP contribution in [0.2, 0.25) is 0 Å². The summed E-state index contributed by atoms with van der Waals surface area (Å²) in [5.74, 6) is 0. The highest BCUT2D eigenvalue weighted by atomic mass is 35.5. The van der Waals surface area contributed by atoms with Crippen molar-refractivity contribution in [3.05, 3.63) is 35.9 Å². The third kappa shape index (κ3) is 2.36. The van der Waals surface area contributed by atoms with Crippen LogP contribution in [0.5, 0.6) is 0 Å². The molecular formula is C12H16ClN. The standard InChI is InChI=1S/C12H16N.ClH/c1-13-10-6-5-9-12(13)11-7-3-2-4-8-11;/h2-4,7-8H,5-6,9-10H2,1H3;1H/q+1;/p-1. The van der Waals surface area contributed by atoms with E-state index in [0.717, 1.165) is 0 Å². The lowest BCUT2D eigenvalue weighted by Gasteiger charge is -2.11. The molecule has 1 heterocycles. The molecular weight excluding hydrogens is 194 g/mol. The van der Waals surface area contributed by atoms with Crippen molar-refractivity contribution >= 4 is 5.71 Å². The van der Waals surface area contributed by atoms with Crippen LogP contribution in [0, 0.1) is 0 Å². The van der Waals surface area contributed by atoms with E-state index in [1.165, 1.54) is 37.1 Å². The molecule has 0 amide bonds. The van der Waals surface area contributed by atoms with Gasteiger partial charge in [-0.25, -0.2) is 4.58 Å². The molecule has 14 heavy (non-hydrogen) atoms. The maximum atomic E-state index is 2.39. The summed E-state index contributed by atoms with van der Waals surface area (Å²) in [5, 5.41) is 0. The molecule has 0 aromatic heterocycles. The molecule has 0 saturated heterocycles. The third-order valence-electron chi connectivity index (χ3n) is 2.72. The molecule has 0 aliphatic carbocycles. The number of nitrogens with zero attached hydrogens (tertiary/aromatic N) is 1. The largest absolute Gasteiger partial charge is 1.00 e. The average molecular weight is 210 g/mol. The van der Waals surface area contributed by atoms with Crippen molar-refractivity contribution in [1.82, 2.24) is 0 Å². The van der Waals surface area contributed by atoms with Crippen LogP contribution in [0.25, 0.3) is 0 Å². The van der Waals surface area contributed by atoms with Crippen LogP contribution in [-0.2, 0) is 0 Å². The number of hydrogen-bond acceptors (Lipinski definition) is 0. The fourth-order valence-corrected chi connectivity index (χ4v) is 1.96. The van der Waals surface area contributed by atoms with E-state index in [2.05, 4.69) is 42.0 Å². The summed E-state index contributed by atoms with van der Waals surface area (Å²) in [6, 6.07) is 10.7. The summed E-state index contributed by atoms with van der Waals surface area (Å²) in [6.07, 6.45) is 3.92. The van der Waals surface area contributed by atoms with Crippen molar-refractivity contribution in [3.63, 3.8) is 0 Å². The van der Waals surface area contributed by atoms with Gasteiger partial charge < -0.3 is 12.4 Å². The Labute approximate surface area is 91.9 Å². The lowest BCUT2D eigenvalue weighted by atomic mass is 10.0. The van der Waals surface area contributed by atoms with Gasteiger partial charge >= 0.3 is 0 Å². The summed E-state index contributed by atoms with van der Waals surface area (Å²) in [7, 11) is 2.20. The molecule has 1 aliphatic rings. The molecule has 0 N–H and O–H groups in total. The molecule has 0 radical (unpaired) electrons. The number of hydrogen-bond donors (Lipinski definition) is 0. The normalized spacial score (nSPS) is 16.4. The van der Waals surface area contributed by atoms with Crippen LogP contribution in [0.3, 0.4) is 0 Å². The zero-order valence-corrected chi connectivity index (χ0v) is 9.30. The minimum atomic E-state index is 0. The zero-order chi connectivity index (χ0) is 9.10. The second kappa shape index (κ2) is 5.16. The smallest absolute Gasteiger partial charge is 0.183 e. The van der Waals surface area contributed by atoms with E-state index >= 15 is 0 Å². The summed E-state index contributed by atoms with van der Waals surface area (Å²) in [6.45, 7) is 1.21. The van der Waals surface area contributed by atoms with Gasteiger partial charge in [-0.05, 0) is 18.6 Å². The number of rotatable bonds is 1. The van der Waals surface area contributed by atoms with Gasteiger partial charge in [-0.15, -0.1) is 0 Å². The van der Waals surface area contributed by atoms with Crippen molar-refractivity contribution in [1.29, 1.82) is 0 Å². The molecule has 0 atom stereocenters. The Bertz CT molecular complexity index is 316. The van der Waals surface area contributed by atoms with Gasteiger partial charge in [0.05, 0.1) is 0 Å². The summed E-state index contributed by atoms with van der Waals surface area (Å²) >= 11 is 0. The van der Waals surface area contributed by atoms with Gasteiger partial charge in [0.15, 0.2) is 5.71 Å². The van der Waals surface area contributed by atoms with Crippen LogP contribution in [0.1, 0.15) is 24.8 Å². The molecule has 1 aliphatic heterocycles. The van der Waals surface area contributed by atoms with Crippen molar-refractivity contribution in [2.24, 2.45) is 0 Å². The third-order valence-corrected chi connectivity index (χ3v) is 2.72. The molecule has 0 saturated carbocycles. The Morgan fingerprint density at radius 2 is 1.79 bits per heavy atom.